The summed E-state index contributed by atoms with van der Waals surface area (Å²) in [5.41, 5.74) is 2.89. The number of methoxy groups -OCH3 is 1. The third-order valence-corrected chi connectivity index (χ3v) is 9.43. The predicted molar refractivity (Wildman–Crippen MR) is 186 cm³/mol. The summed E-state index contributed by atoms with van der Waals surface area (Å²) in [6, 6.07) is 10.4. The highest BCUT2D eigenvalue weighted by Gasteiger charge is 2.48. The monoisotopic (exact) mass is 696 g/mol. The lowest BCUT2D eigenvalue weighted by atomic mass is 9.92. The van der Waals surface area contributed by atoms with Crippen LogP contribution < -0.4 is 15.4 Å². The maximum Gasteiger partial charge on any atom is 0.347 e. The molecule has 2 aromatic rings. The van der Waals surface area contributed by atoms with Crippen LogP contribution in [0.15, 0.2) is 48.6 Å². The number of nitrogens with one attached hydrogen (secondary N) is 2. The normalized spacial score (nSPS) is 25.6. The van der Waals surface area contributed by atoms with Gasteiger partial charge in [-0.1, -0.05) is 62.7 Å². The maximum atomic E-state index is 13.7. The Balaban J connectivity index is 1.62. The van der Waals surface area contributed by atoms with E-state index in [1.165, 1.54) is 18.7 Å². The van der Waals surface area contributed by atoms with Gasteiger partial charge in [-0.15, -0.1) is 0 Å². The van der Waals surface area contributed by atoms with Crippen molar-refractivity contribution in [2.24, 2.45) is 17.3 Å². The van der Waals surface area contributed by atoms with Gasteiger partial charge >= 0.3 is 11.9 Å². The molecule has 2 heterocycles. The smallest absolute Gasteiger partial charge is 0.347 e. The standard InChI is InChI=1S/C38H49ClN2O8/c1-21(2)16-31-36(44)47-29(24(5)33-34(49-33)26-14-12-22(3)23(4)17-26)10-9-11-32(42)41-28(19-25-13-15-30(46-8)27(39)18-25)35(43)40-20-38(6,7)37(45)48-31/h9,11-15,17-18,21,24,28-29,31,33-34H,10,16,19-20H2,1-8H3,(H,40,43)(H,41,42)/t24-,28+,29-,31-,33+,34+/m0/s1. The van der Waals surface area contributed by atoms with Crippen LogP contribution in [0.25, 0.3) is 0 Å². The highest BCUT2D eigenvalue weighted by molar-refractivity contribution is 6.32. The van der Waals surface area contributed by atoms with Crippen molar-refractivity contribution < 1.29 is 38.1 Å². The number of hydrogen-bond acceptors (Lipinski definition) is 8. The Morgan fingerprint density at radius 1 is 1.00 bits per heavy atom. The molecule has 1 fully saturated rings. The summed E-state index contributed by atoms with van der Waals surface area (Å²) in [5.74, 6) is -2.07. The molecule has 2 amide bonds. The number of hydrogen-bond donors (Lipinski definition) is 2. The minimum atomic E-state index is -1.20. The van der Waals surface area contributed by atoms with Gasteiger partial charge in [0.2, 0.25) is 11.8 Å². The fourth-order valence-electron chi connectivity index (χ4n) is 5.76. The van der Waals surface area contributed by atoms with Crippen LogP contribution in [0, 0.1) is 31.1 Å². The Morgan fingerprint density at radius 2 is 1.73 bits per heavy atom. The van der Waals surface area contributed by atoms with Gasteiger partial charge in [-0.05, 0) is 80.5 Å². The maximum absolute atomic E-state index is 13.7. The fourth-order valence-corrected chi connectivity index (χ4v) is 6.04. The van der Waals surface area contributed by atoms with Crippen LogP contribution in [0.3, 0.4) is 0 Å². The van der Waals surface area contributed by atoms with Crippen LogP contribution in [0.5, 0.6) is 5.75 Å². The Labute approximate surface area is 294 Å². The highest BCUT2D eigenvalue weighted by Crippen LogP contribution is 2.45. The van der Waals surface area contributed by atoms with Crippen LogP contribution in [-0.2, 0) is 39.8 Å². The molecule has 266 valence electrons. The van der Waals surface area contributed by atoms with Crippen molar-refractivity contribution in [3.63, 3.8) is 0 Å². The zero-order chi connectivity index (χ0) is 36.0. The van der Waals surface area contributed by atoms with Crippen molar-refractivity contribution in [1.82, 2.24) is 10.6 Å². The van der Waals surface area contributed by atoms with E-state index < -0.39 is 47.4 Å². The fraction of sp³-hybridized carbons (Fsp3) is 0.526. The summed E-state index contributed by atoms with van der Waals surface area (Å²) in [6.07, 6.45) is 1.32. The average molecular weight is 697 g/mol. The largest absolute Gasteiger partial charge is 0.495 e. The van der Waals surface area contributed by atoms with Gasteiger partial charge in [0.15, 0.2) is 6.10 Å². The molecule has 0 bridgehead atoms. The number of esters is 2. The van der Waals surface area contributed by atoms with E-state index in [1.807, 2.05) is 26.8 Å². The first-order valence-corrected chi connectivity index (χ1v) is 17.2. The summed E-state index contributed by atoms with van der Waals surface area (Å²) in [5, 5.41) is 5.93. The van der Waals surface area contributed by atoms with Crippen LogP contribution in [-0.4, -0.2) is 61.8 Å². The quantitative estimate of drug-likeness (QED) is 0.264. The number of amides is 2. The van der Waals surface area contributed by atoms with Gasteiger partial charge in [0.25, 0.3) is 0 Å². The Morgan fingerprint density at radius 3 is 2.39 bits per heavy atom. The number of benzene rings is 2. The summed E-state index contributed by atoms with van der Waals surface area (Å²) in [7, 11) is 1.51. The van der Waals surface area contributed by atoms with Gasteiger partial charge < -0.3 is 29.6 Å². The van der Waals surface area contributed by atoms with E-state index >= 15 is 0 Å². The number of rotatable bonds is 8. The molecule has 6 atom stereocenters. The molecule has 49 heavy (non-hydrogen) atoms. The van der Waals surface area contributed by atoms with Crippen LogP contribution in [0.2, 0.25) is 5.02 Å². The molecule has 0 aromatic heterocycles. The van der Waals surface area contributed by atoms with Gasteiger partial charge in [-0.25, -0.2) is 4.79 Å². The lowest BCUT2D eigenvalue weighted by Crippen LogP contribution is -2.51. The minimum absolute atomic E-state index is 0.0198. The number of ether oxygens (including phenoxy) is 4. The van der Waals surface area contributed by atoms with Crippen molar-refractivity contribution >= 4 is 35.4 Å². The lowest BCUT2D eigenvalue weighted by molar-refractivity contribution is -0.179. The number of carbonyl (C=O) groups is 4. The van der Waals surface area contributed by atoms with Crippen molar-refractivity contribution in [3.8, 4) is 5.75 Å². The zero-order valence-corrected chi connectivity index (χ0v) is 30.4. The Kier molecular flexibility index (Phi) is 12.5. The second-order valence-electron chi connectivity index (χ2n) is 14.2. The number of halogens is 1. The Bertz CT molecular complexity index is 1570. The first-order chi connectivity index (χ1) is 23.1. The molecule has 2 N–H and O–H groups in total. The van der Waals surface area contributed by atoms with E-state index in [4.69, 9.17) is 30.5 Å². The first kappa shape index (κ1) is 37.9. The number of epoxide rings is 1. The van der Waals surface area contributed by atoms with E-state index in [9.17, 15) is 19.2 Å². The van der Waals surface area contributed by atoms with Gasteiger partial charge in [0.1, 0.15) is 24.0 Å². The summed E-state index contributed by atoms with van der Waals surface area (Å²) in [6.45, 7) is 13.1. The molecule has 0 unspecified atom stereocenters. The van der Waals surface area contributed by atoms with Gasteiger partial charge in [-0.3, -0.25) is 14.4 Å². The average Bonchev–Trinajstić information content (AvgIpc) is 3.84. The lowest BCUT2D eigenvalue weighted by Gasteiger charge is -2.29. The molecule has 0 aliphatic carbocycles. The minimum Gasteiger partial charge on any atom is -0.495 e. The second-order valence-corrected chi connectivity index (χ2v) is 14.6. The van der Waals surface area contributed by atoms with E-state index in [0.29, 0.717) is 16.3 Å². The first-order valence-electron chi connectivity index (χ1n) is 16.8. The number of aryl methyl sites for hydroxylation is 2. The van der Waals surface area contributed by atoms with Gasteiger partial charge in [0.05, 0.1) is 23.7 Å². The molecule has 11 heteroatoms. The molecule has 0 radical (unpaired) electrons. The highest BCUT2D eigenvalue weighted by atomic mass is 35.5. The molecule has 2 aliphatic rings. The SMILES string of the molecule is COc1ccc(C[C@H]2NC(=O)C=CC[C@@H]([C@H](C)[C@H]3O[C@@H]3c3ccc(C)c(C)c3)OC(=O)[C@H](CC(C)C)OC(=O)C(C)(C)CNC2=O)cc1Cl. The predicted octanol–water partition coefficient (Wildman–Crippen LogP) is 5.74. The molecule has 1 saturated heterocycles. The molecule has 2 aromatic carbocycles. The molecular weight excluding hydrogens is 648 g/mol. The van der Waals surface area contributed by atoms with E-state index in [1.54, 1.807) is 38.1 Å². The van der Waals surface area contributed by atoms with Crippen LogP contribution >= 0.6 is 11.6 Å². The van der Waals surface area contributed by atoms with E-state index in [2.05, 4.69) is 36.6 Å². The van der Waals surface area contributed by atoms with Crippen molar-refractivity contribution in [1.29, 1.82) is 0 Å². The van der Waals surface area contributed by atoms with E-state index in [0.717, 1.165) is 11.1 Å². The van der Waals surface area contributed by atoms with Gasteiger partial charge in [0, 0.05) is 25.3 Å². The number of carbonyl (C=O) groups excluding carboxylic acids is 4. The van der Waals surface area contributed by atoms with Gasteiger partial charge in [-0.2, -0.15) is 0 Å². The van der Waals surface area contributed by atoms with Crippen LogP contribution in [0.1, 0.15) is 75.8 Å². The summed E-state index contributed by atoms with van der Waals surface area (Å²) >= 11 is 6.33. The van der Waals surface area contributed by atoms with Crippen LogP contribution in [0.4, 0.5) is 0 Å². The summed E-state index contributed by atoms with van der Waals surface area (Å²) < 4.78 is 23.2. The van der Waals surface area contributed by atoms with E-state index in [-0.39, 0.29) is 49.9 Å². The molecule has 4 rings (SSSR count). The van der Waals surface area contributed by atoms with Crippen molar-refractivity contribution in [2.45, 2.75) is 98.2 Å². The number of cyclic esters (lactones) is 2. The molecular formula is C38H49ClN2O8. The summed E-state index contributed by atoms with van der Waals surface area (Å²) in [4.78, 5) is 53.8. The topological polar surface area (TPSA) is 133 Å². The second kappa shape index (κ2) is 16.2. The molecule has 0 spiro atoms. The molecule has 2 aliphatic heterocycles. The zero-order valence-electron chi connectivity index (χ0n) is 29.6. The van der Waals surface area contributed by atoms with Crippen molar-refractivity contribution in [2.75, 3.05) is 13.7 Å². The third-order valence-electron chi connectivity index (χ3n) is 9.14. The third kappa shape index (κ3) is 10.1. The van der Waals surface area contributed by atoms with Crippen molar-refractivity contribution in [3.05, 3.63) is 75.8 Å². The molecule has 10 nitrogen and oxygen atoms in total. The molecule has 0 saturated carbocycles. The Hall–Kier alpha value is -3.89.